The maximum Gasteiger partial charge on any atom is 0.407 e. The summed E-state index contributed by atoms with van der Waals surface area (Å²) in [6.07, 6.45) is -1.56. The number of nitriles is 1. The smallest absolute Gasteiger partial charge is 0.407 e. The Morgan fingerprint density at radius 1 is 1.17 bits per heavy atom. The lowest BCUT2D eigenvalue weighted by molar-refractivity contribution is -0.122. The van der Waals surface area contributed by atoms with Gasteiger partial charge in [-0.25, -0.2) is 14.2 Å². The van der Waals surface area contributed by atoms with Gasteiger partial charge >= 0.3 is 6.09 Å². The first-order valence-corrected chi connectivity index (χ1v) is 15.3. The standard InChI is InChI=1S/C32H39ClFN7O5/c1-18-15-40(16-19(2)27(18)34)29-21(14-35)12-23(33)28(38-29)37-22-7-8-24-20(11-22)13-25(46-17-26(42)36-6)30(43)41(24)9-10-45-31(44)39-32(3,4)5/h7-8,11-13,18-19,27H,9-10,15-17H2,1-6H3,(H,36,42)(H,37,38)(H,39,44). The highest BCUT2D eigenvalue weighted by atomic mass is 35.5. The number of pyridine rings is 2. The van der Waals surface area contributed by atoms with Crippen molar-refractivity contribution in [3.8, 4) is 11.8 Å². The molecule has 2 unspecified atom stereocenters. The van der Waals surface area contributed by atoms with Crippen LogP contribution in [-0.4, -0.2) is 66.6 Å². The van der Waals surface area contributed by atoms with Crippen molar-refractivity contribution < 1.29 is 23.5 Å². The van der Waals surface area contributed by atoms with Gasteiger partial charge in [0, 0.05) is 48.6 Å². The zero-order valence-electron chi connectivity index (χ0n) is 26.7. The van der Waals surface area contributed by atoms with Crippen LogP contribution >= 0.6 is 11.6 Å². The van der Waals surface area contributed by atoms with E-state index in [1.54, 1.807) is 18.2 Å². The number of aromatic nitrogens is 2. The lowest BCUT2D eigenvalue weighted by Crippen LogP contribution is -2.46. The number of halogens is 2. The van der Waals surface area contributed by atoms with Crippen molar-refractivity contribution in [3.63, 3.8) is 0 Å². The van der Waals surface area contributed by atoms with Crippen LogP contribution < -0.4 is 31.1 Å². The summed E-state index contributed by atoms with van der Waals surface area (Å²) < 4.78 is 26.8. The van der Waals surface area contributed by atoms with E-state index in [-0.39, 0.29) is 47.9 Å². The maximum atomic E-state index is 14.5. The summed E-state index contributed by atoms with van der Waals surface area (Å²) in [7, 11) is 1.46. The van der Waals surface area contributed by atoms with E-state index in [2.05, 4.69) is 27.0 Å². The van der Waals surface area contributed by atoms with E-state index in [1.807, 2.05) is 39.5 Å². The molecule has 1 fully saturated rings. The molecule has 0 saturated carbocycles. The summed E-state index contributed by atoms with van der Waals surface area (Å²) in [6, 6.07) is 10.4. The second kappa shape index (κ2) is 14.2. The van der Waals surface area contributed by atoms with E-state index < -0.39 is 29.3 Å². The average Bonchev–Trinajstić information content (AvgIpc) is 2.99. The number of nitrogens with zero attached hydrogens (tertiary/aromatic N) is 4. The highest BCUT2D eigenvalue weighted by molar-refractivity contribution is 6.33. The first kappa shape index (κ1) is 34.3. The fourth-order valence-corrected chi connectivity index (χ4v) is 5.48. The second-order valence-electron chi connectivity index (χ2n) is 12.4. The molecular formula is C32H39ClFN7O5. The van der Waals surface area contributed by atoms with E-state index in [4.69, 9.17) is 21.1 Å². The van der Waals surface area contributed by atoms with Crippen molar-refractivity contribution in [1.82, 2.24) is 20.2 Å². The molecule has 2 aromatic heterocycles. The number of carbonyl (C=O) groups is 2. The van der Waals surface area contributed by atoms with Crippen LogP contribution in [0.3, 0.4) is 0 Å². The minimum absolute atomic E-state index is 0.0234. The van der Waals surface area contributed by atoms with Gasteiger partial charge in [-0.05, 0) is 51.1 Å². The molecule has 1 saturated heterocycles. The van der Waals surface area contributed by atoms with Crippen molar-refractivity contribution in [2.24, 2.45) is 11.8 Å². The van der Waals surface area contributed by atoms with Crippen LogP contribution in [0.25, 0.3) is 10.9 Å². The lowest BCUT2D eigenvalue weighted by atomic mass is 9.89. The third kappa shape index (κ3) is 8.17. The molecule has 4 rings (SSSR count). The second-order valence-corrected chi connectivity index (χ2v) is 12.8. The van der Waals surface area contributed by atoms with Gasteiger partial charge in [-0.2, -0.15) is 5.26 Å². The molecule has 246 valence electrons. The Morgan fingerprint density at radius 3 is 2.50 bits per heavy atom. The van der Waals surface area contributed by atoms with Gasteiger partial charge in [0.2, 0.25) is 0 Å². The van der Waals surface area contributed by atoms with E-state index >= 15 is 0 Å². The third-order valence-electron chi connectivity index (χ3n) is 7.47. The fourth-order valence-electron chi connectivity index (χ4n) is 5.28. The summed E-state index contributed by atoms with van der Waals surface area (Å²) >= 11 is 6.54. The molecule has 1 aliphatic heterocycles. The number of alkyl carbamates (subject to hydrolysis) is 1. The molecule has 1 aliphatic rings. The molecule has 2 atom stereocenters. The first-order valence-electron chi connectivity index (χ1n) is 14.9. The van der Waals surface area contributed by atoms with E-state index in [1.165, 1.54) is 23.7 Å². The average molecular weight is 656 g/mol. The van der Waals surface area contributed by atoms with Crippen molar-refractivity contribution in [1.29, 1.82) is 5.26 Å². The quantitative estimate of drug-likeness (QED) is 0.297. The van der Waals surface area contributed by atoms with Crippen LogP contribution in [0, 0.1) is 23.2 Å². The van der Waals surface area contributed by atoms with E-state index in [0.717, 1.165) is 0 Å². The SMILES string of the molecule is CNC(=O)COc1cc2cc(Nc3nc(N4CC(C)C(F)C(C)C4)c(C#N)cc3Cl)ccc2n(CCOC(=O)NC(C)(C)C)c1=O. The molecular weight excluding hydrogens is 617 g/mol. The maximum absolute atomic E-state index is 14.5. The molecule has 0 aliphatic carbocycles. The van der Waals surface area contributed by atoms with Gasteiger partial charge in [-0.1, -0.05) is 25.4 Å². The number of benzene rings is 1. The number of likely N-dealkylation sites (N-methyl/N-ethyl adjacent to an activating group) is 1. The van der Waals surface area contributed by atoms with Gasteiger partial charge in [0.15, 0.2) is 18.2 Å². The van der Waals surface area contributed by atoms with Crippen molar-refractivity contribution in [2.45, 2.75) is 52.9 Å². The molecule has 0 bridgehead atoms. The molecule has 3 aromatic rings. The van der Waals surface area contributed by atoms with Crippen LogP contribution in [0.1, 0.15) is 40.2 Å². The van der Waals surface area contributed by atoms with Crippen molar-refractivity contribution >= 4 is 51.8 Å². The number of carbonyl (C=O) groups excluding carboxylic acids is 2. The number of piperidine rings is 1. The Kier molecular flexibility index (Phi) is 10.6. The van der Waals surface area contributed by atoms with Gasteiger partial charge in [0.05, 0.1) is 22.6 Å². The highest BCUT2D eigenvalue weighted by Gasteiger charge is 2.33. The number of hydrogen-bond acceptors (Lipinski definition) is 9. The van der Waals surface area contributed by atoms with Crippen LogP contribution in [0.15, 0.2) is 35.1 Å². The predicted octanol–water partition coefficient (Wildman–Crippen LogP) is 4.74. The Bertz CT molecular complexity index is 1710. The lowest BCUT2D eigenvalue weighted by Gasteiger charge is -2.38. The van der Waals surface area contributed by atoms with Crippen LogP contribution in [0.5, 0.6) is 5.75 Å². The number of alkyl halides is 1. The number of nitrogens with one attached hydrogen (secondary N) is 3. The number of rotatable bonds is 9. The summed E-state index contributed by atoms with van der Waals surface area (Å²) in [5, 5.41) is 18.9. The highest BCUT2D eigenvalue weighted by Crippen LogP contribution is 2.34. The molecule has 46 heavy (non-hydrogen) atoms. The van der Waals surface area contributed by atoms with Gasteiger partial charge in [-0.15, -0.1) is 0 Å². The van der Waals surface area contributed by atoms with E-state index in [9.17, 15) is 24.0 Å². The monoisotopic (exact) mass is 655 g/mol. The number of fused-ring (bicyclic) bond motifs is 1. The van der Waals surface area contributed by atoms with Gasteiger partial charge < -0.3 is 34.9 Å². The normalized spacial score (nSPS) is 18.1. The van der Waals surface area contributed by atoms with Crippen LogP contribution in [0.2, 0.25) is 5.02 Å². The fraction of sp³-hybridized carbons (Fsp3) is 0.469. The Labute approximate surface area is 271 Å². The molecule has 12 nitrogen and oxygen atoms in total. The summed E-state index contributed by atoms with van der Waals surface area (Å²) in [5.74, 6) is -0.250. The molecule has 14 heteroatoms. The van der Waals surface area contributed by atoms with Crippen molar-refractivity contribution in [2.75, 3.05) is 43.6 Å². The van der Waals surface area contributed by atoms with Crippen LogP contribution in [-0.2, 0) is 16.1 Å². The minimum atomic E-state index is -0.945. The number of amides is 2. The Hall–Kier alpha value is -4.57. The molecule has 3 N–H and O–H groups in total. The minimum Gasteiger partial charge on any atom is -0.478 e. The van der Waals surface area contributed by atoms with E-state index in [0.29, 0.717) is 41.3 Å². The molecule has 1 aromatic carbocycles. The molecule has 0 spiro atoms. The zero-order valence-corrected chi connectivity index (χ0v) is 27.5. The summed E-state index contributed by atoms with van der Waals surface area (Å²) in [5.41, 5.74) is 0.377. The zero-order chi connectivity index (χ0) is 33.8. The van der Waals surface area contributed by atoms with Crippen molar-refractivity contribution in [3.05, 3.63) is 51.3 Å². The first-order chi connectivity index (χ1) is 21.7. The Morgan fingerprint density at radius 2 is 1.87 bits per heavy atom. The summed E-state index contributed by atoms with van der Waals surface area (Å²) in [4.78, 5) is 44.0. The number of ether oxygens (including phenoxy) is 2. The van der Waals surface area contributed by atoms with Gasteiger partial charge in [0.25, 0.3) is 11.5 Å². The predicted molar refractivity (Wildman–Crippen MR) is 175 cm³/mol. The Balaban J connectivity index is 1.67. The van der Waals surface area contributed by atoms with Crippen LogP contribution in [0.4, 0.5) is 26.5 Å². The number of anilines is 3. The van der Waals surface area contributed by atoms with Gasteiger partial charge in [-0.3, -0.25) is 9.59 Å². The topological polar surface area (TPSA) is 151 Å². The number of hydrogen-bond donors (Lipinski definition) is 3. The summed E-state index contributed by atoms with van der Waals surface area (Å²) in [6.45, 7) is 9.50. The molecule has 0 radical (unpaired) electrons. The molecule has 3 heterocycles. The third-order valence-corrected chi connectivity index (χ3v) is 7.75. The largest absolute Gasteiger partial charge is 0.478 e. The van der Waals surface area contributed by atoms with Gasteiger partial charge in [0.1, 0.15) is 24.7 Å². The molecule has 2 amide bonds.